The van der Waals surface area contributed by atoms with Crippen LogP contribution in [0, 0.1) is 0 Å². The molecule has 1 saturated heterocycles. The highest BCUT2D eigenvalue weighted by atomic mass is 35.5. The maximum atomic E-state index is 12.3. The third-order valence-corrected chi connectivity index (χ3v) is 3.53. The summed E-state index contributed by atoms with van der Waals surface area (Å²) in [5, 5.41) is 4.02. The zero-order valence-corrected chi connectivity index (χ0v) is 11.9. The van der Waals surface area contributed by atoms with Gasteiger partial charge in [0.05, 0.1) is 6.04 Å². The van der Waals surface area contributed by atoms with Crippen LogP contribution in [-0.4, -0.2) is 36.5 Å². The molecule has 0 saturated carbocycles. The highest BCUT2D eigenvalue weighted by Gasteiger charge is 2.28. The maximum Gasteiger partial charge on any atom is 0.224 e. The fourth-order valence-corrected chi connectivity index (χ4v) is 2.61. The lowest BCUT2D eigenvalue weighted by atomic mass is 10.0. The SMILES string of the molecule is CC(N)CC(=O)N1CCNCC1c1cccc(Cl)c1. The number of nitrogens with two attached hydrogens (primary N) is 1. The van der Waals surface area contributed by atoms with Gasteiger partial charge in [-0.15, -0.1) is 0 Å². The van der Waals surface area contributed by atoms with Crippen LogP contribution in [0.2, 0.25) is 5.02 Å². The molecule has 0 aliphatic carbocycles. The smallest absolute Gasteiger partial charge is 0.224 e. The van der Waals surface area contributed by atoms with Gasteiger partial charge < -0.3 is 16.0 Å². The van der Waals surface area contributed by atoms with Crippen molar-refractivity contribution in [3.8, 4) is 0 Å². The van der Waals surface area contributed by atoms with Gasteiger partial charge in [-0.1, -0.05) is 23.7 Å². The van der Waals surface area contributed by atoms with E-state index in [1.54, 1.807) is 0 Å². The molecule has 0 spiro atoms. The van der Waals surface area contributed by atoms with Crippen LogP contribution in [0.25, 0.3) is 0 Å². The molecule has 2 atom stereocenters. The first-order valence-corrected chi connectivity index (χ1v) is 6.97. The number of benzene rings is 1. The molecule has 5 heteroatoms. The van der Waals surface area contributed by atoms with E-state index in [1.165, 1.54) is 0 Å². The molecule has 1 aliphatic rings. The van der Waals surface area contributed by atoms with Crippen molar-refractivity contribution in [2.45, 2.75) is 25.4 Å². The summed E-state index contributed by atoms with van der Waals surface area (Å²) in [7, 11) is 0. The normalized spacial score (nSPS) is 21.2. The first-order valence-electron chi connectivity index (χ1n) is 6.59. The lowest BCUT2D eigenvalue weighted by molar-refractivity contribution is -0.134. The molecule has 1 aromatic rings. The molecule has 0 radical (unpaired) electrons. The molecule has 4 nitrogen and oxygen atoms in total. The lowest BCUT2D eigenvalue weighted by Crippen LogP contribution is -2.49. The van der Waals surface area contributed by atoms with E-state index in [9.17, 15) is 4.79 Å². The van der Waals surface area contributed by atoms with E-state index in [1.807, 2.05) is 36.1 Å². The van der Waals surface area contributed by atoms with Gasteiger partial charge in [-0.25, -0.2) is 0 Å². The Morgan fingerprint density at radius 3 is 3.11 bits per heavy atom. The second-order valence-corrected chi connectivity index (χ2v) is 5.48. The highest BCUT2D eigenvalue weighted by Crippen LogP contribution is 2.25. The first-order chi connectivity index (χ1) is 9.08. The van der Waals surface area contributed by atoms with Crippen molar-refractivity contribution in [2.24, 2.45) is 5.73 Å². The van der Waals surface area contributed by atoms with Crippen molar-refractivity contribution < 1.29 is 4.79 Å². The van der Waals surface area contributed by atoms with Crippen molar-refractivity contribution >= 4 is 17.5 Å². The Morgan fingerprint density at radius 2 is 2.42 bits per heavy atom. The molecule has 0 aromatic heterocycles. The second kappa shape index (κ2) is 6.37. The monoisotopic (exact) mass is 281 g/mol. The van der Waals surface area contributed by atoms with Crippen molar-refractivity contribution in [2.75, 3.05) is 19.6 Å². The van der Waals surface area contributed by atoms with Gasteiger partial charge >= 0.3 is 0 Å². The molecule has 1 aliphatic heterocycles. The molecule has 1 heterocycles. The summed E-state index contributed by atoms with van der Waals surface area (Å²) < 4.78 is 0. The van der Waals surface area contributed by atoms with Gasteiger partial charge in [0.1, 0.15) is 0 Å². The van der Waals surface area contributed by atoms with Crippen LogP contribution in [0.3, 0.4) is 0 Å². The summed E-state index contributed by atoms with van der Waals surface area (Å²) in [6.45, 7) is 4.14. The third kappa shape index (κ3) is 3.69. The summed E-state index contributed by atoms with van der Waals surface area (Å²) in [6, 6.07) is 7.62. The van der Waals surface area contributed by atoms with Gasteiger partial charge in [0, 0.05) is 37.1 Å². The largest absolute Gasteiger partial charge is 0.333 e. The Bertz CT molecular complexity index is 450. The van der Waals surface area contributed by atoms with Gasteiger partial charge in [0.25, 0.3) is 0 Å². The Hall–Kier alpha value is -1.10. The van der Waals surface area contributed by atoms with Gasteiger partial charge in [-0.3, -0.25) is 4.79 Å². The number of piperazine rings is 1. The van der Waals surface area contributed by atoms with E-state index in [2.05, 4.69) is 5.32 Å². The van der Waals surface area contributed by atoms with Gasteiger partial charge in [-0.05, 0) is 24.6 Å². The van der Waals surface area contributed by atoms with E-state index in [-0.39, 0.29) is 18.0 Å². The van der Waals surface area contributed by atoms with Crippen LogP contribution in [-0.2, 0) is 4.79 Å². The maximum absolute atomic E-state index is 12.3. The predicted molar refractivity (Wildman–Crippen MR) is 77.0 cm³/mol. The molecule has 1 aromatic carbocycles. The Kier molecular flexibility index (Phi) is 4.80. The molecular formula is C14H20ClN3O. The van der Waals surface area contributed by atoms with Crippen LogP contribution in [0.1, 0.15) is 24.9 Å². The summed E-state index contributed by atoms with van der Waals surface area (Å²) in [6.07, 6.45) is 0.386. The molecule has 19 heavy (non-hydrogen) atoms. The number of amides is 1. The summed E-state index contributed by atoms with van der Waals surface area (Å²) in [5.74, 6) is 0.112. The fraction of sp³-hybridized carbons (Fsp3) is 0.500. The van der Waals surface area contributed by atoms with Crippen LogP contribution >= 0.6 is 11.6 Å². The van der Waals surface area contributed by atoms with Gasteiger partial charge in [0.2, 0.25) is 5.91 Å². The second-order valence-electron chi connectivity index (χ2n) is 5.04. The number of hydrogen-bond acceptors (Lipinski definition) is 3. The standard InChI is InChI=1S/C14H20ClN3O/c1-10(16)7-14(19)18-6-5-17-9-13(18)11-3-2-4-12(15)8-11/h2-4,8,10,13,17H,5-7,9,16H2,1H3. The number of carbonyl (C=O) groups is 1. The average molecular weight is 282 g/mol. The molecule has 104 valence electrons. The minimum absolute atomic E-state index is 0.0405. The highest BCUT2D eigenvalue weighted by molar-refractivity contribution is 6.30. The topological polar surface area (TPSA) is 58.4 Å². The van der Waals surface area contributed by atoms with Crippen molar-refractivity contribution in [3.05, 3.63) is 34.9 Å². The molecule has 0 bridgehead atoms. The van der Waals surface area contributed by atoms with Crippen LogP contribution in [0.15, 0.2) is 24.3 Å². The lowest BCUT2D eigenvalue weighted by Gasteiger charge is -2.37. The average Bonchev–Trinajstić information content (AvgIpc) is 2.38. The Balaban J connectivity index is 2.18. The molecule has 2 rings (SSSR count). The number of nitrogens with one attached hydrogen (secondary N) is 1. The van der Waals surface area contributed by atoms with Gasteiger partial charge in [-0.2, -0.15) is 0 Å². The number of rotatable bonds is 3. The van der Waals surface area contributed by atoms with Crippen molar-refractivity contribution in [1.29, 1.82) is 0 Å². The Labute approximate surface area is 118 Å². The van der Waals surface area contributed by atoms with E-state index in [4.69, 9.17) is 17.3 Å². The molecule has 1 fully saturated rings. The number of hydrogen-bond donors (Lipinski definition) is 2. The molecule has 3 N–H and O–H groups in total. The minimum atomic E-state index is -0.109. The molecular weight excluding hydrogens is 262 g/mol. The Morgan fingerprint density at radius 1 is 1.63 bits per heavy atom. The summed E-state index contributed by atoms with van der Waals surface area (Å²) in [5.41, 5.74) is 6.79. The van der Waals surface area contributed by atoms with E-state index < -0.39 is 0 Å². The van der Waals surface area contributed by atoms with Crippen LogP contribution in [0.5, 0.6) is 0 Å². The quantitative estimate of drug-likeness (QED) is 0.884. The molecule has 2 unspecified atom stereocenters. The van der Waals surface area contributed by atoms with E-state index >= 15 is 0 Å². The van der Waals surface area contributed by atoms with Crippen LogP contribution < -0.4 is 11.1 Å². The zero-order valence-electron chi connectivity index (χ0n) is 11.1. The van der Waals surface area contributed by atoms with Crippen molar-refractivity contribution in [1.82, 2.24) is 10.2 Å². The fourth-order valence-electron chi connectivity index (χ4n) is 2.41. The summed E-state index contributed by atoms with van der Waals surface area (Å²) in [4.78, 5) is 14.2. The van der Waals surface area contributed by atoms with Gasteiger partial charge in [0.15, 0.2) is 0 Å². The molecule has 1 amide bonds. The third-order valence-electron chi connectivity index (χ3n) is 3.29. The van der Waals surface area contributed by atoms with E-state index in [0.717, 1.165) is 18.7 Å². The minimum Gasteiger partial charge on any atom is -0.333 e. The first kappa shape index (κ1) is 14.3. The van der Waals surface area contributed by atoms with E-state index in [0.29, 0.717) is 18.0 Å². The van der Waals surface area contributed by atoms with Crippen LogP contribution in [0.4, 0.5) is 0 Å². The summed E-state index contributed by atoms with van der Waals surface area (Å²) >= 11 is 6.03. The van der Waals surface area contributed by atoms with Crippen molar-refractivity contribution in [3.63, 3.8) is 0 Å². The zero-order chi connectivity index (χ0) is 13.8. The predicted octanol–water partition coefficient (Wildman–Crippen LogP) is 1.55. The number of carbonyl (C=O) groups excluding carboxylic acids is 1. The number of nitrogens with zero attached hydrogens (tertiary/aromatic N) is 1. The number of halogens is 1.